The van der Waals surface area contributed by atoms with E-state index in [4.69, 9.17) is 5.73 Å². The average Bonchev–Trinajstić information content (AvgIpc) is 2.42. The van der Waals surface area contributed by atoms with E-state index in [2.05, 4.69) is 33.7 Å². The standard InChI is InChI=1S/C14H16N4/c15-13-8-9-14(18-17-13)16-12-7-3-5-10-4-1-2-6-11(10)12/h3,5,7-9H,1-2,4,6H2,(H2,15,17)(H,16,18). The summed E-state index contributed by atoms with van der Waals surface area (Å²) in [6.45, 7) is 0. The first-order chi connectivity index (χ1) is 8.83. The SMILES string of the molecule is Nc1ccc(Nc2cccc3c2CCCC3)nn1. The molecule has 0 radical (unpaired) electrons. The molecule has 0 saturated carbocycles. The van der Waals surface area contributed by atoms with E-state index < -0.39 is 0 Å². The Bertz CT molecular complexity index is 548. The molecule has 0 aliphatic heterocycles. The number of nitrogen functional groups attached to an aromatic ring is 1. The van der Waals surface area contributed by atoms with Crippen molar-refractivity contribution in [2.75, 3.05) is 11.1 Å². The van der Waals surface area contributed by atoms with Crippen LogP contribution in [0.4, 0.5) is 17.3 Å². The fourth-order valence-corrected chi connectivity index (χ4v) is 2.45. The van der Waals surface area contributed by atoms with Gasteiger partial charge in [-0.15, -0.1) is 10.2 Å². The van der Waals surface area contributed by atoms with Gasteiger partial charge < -0.3 is 11.1 Å². The van der Waals surface area contributed by atoms with Crippen LogP contribution < -0.4 is 11.1 Å². The molecular weight excluding hydrogens is 224 g/mol. The van der Waals surface area contributed by atoms with E-state index in [0.717, 1.165) is 17.9 Å². The fraction of sp³-hybridized carbons (Fsp3) is 0.286. The number of aryl methyl sites for hydroxylation is 1. The van der Waals surface area contributed by atoms with Crippen molar-refractivity contribution >= 4 is 17.3 Å². The van der Waals surface area contributed by atoms with Crippen molar-refractivity contribution in [2.24, 2.45) is 0 Å². The minimum atomic E-state index is 0.440. The van der Waals surface area contributed by atoms with Crippen molar-refractivity contribution in [1.29, 1.82) is 0 Å². The number of hydrogen-bond donors (Lipinski definition) is 2. The van der Waals surface area contributed by atoms with Gasteiger partial charge >= 0.3 is 0 Å². The first kappa shape index (κ1) is 11.0. The summed E-state index contributed by atoms with van der Waals surface area (Å²) in [6, 6.07) is 10.0. The summed E-state index contributed by atoms with van der Waals surface area (Å²) in [6.07, 6.45) is 4.87. The summed E-state index contributed by atoms with van der Waals surface area (Å²) in [4.78, 5) is 0. The van der Waals surface area contributed by atoms with Crippen molar-refractivity contribution < 1.29 is 0 Å². The largest absolute Gasteiger partial charge is 0.382 e. The predicted octanol–water partition coefficient (Wildman–Crippen LogP) is 2.68. The molecule has 0 saturated heterocycles. The summed E-state index contributed by atoms with van der Waals surface area (Å²) in [5, 5.41) is 11.2. The van der Waals surface area contributed by atoms with Gasteiger partial charge in [0.15, 0.2) is 5.82 Å². The van der Waals surface area contributed by atoms with Gasteiger partial charge in [0.1, 0.15) is 5.82 Å². The van der Waals surface area contributed by atoms with E-state index >= 15 is 0 Å². The van der Waals surface area contributed by atoms with E-state index in [1.165, 1.54) is 30.4 Å². The van der Waals surface area contributed by atoms with Gasteiger partial charge in [-0.05, 0) is 55.0 Å². The lowest BCUT2D eigenvalue weighted by atomic mass is 9.90. The van der Waals surface area contributed by atoms with Gasteiger partial charge in [-0.2, -0.15) is 0 Å². The monoisotopic (exact) mass is 240 g/mol. The lowest BCUT2D eigenvalue weighted by Gasteiger charge is -2.19. The van der Waals surface area contributed by atoms with E-state index in [-0.39, 0.29) is 0 Å². The average molecular weight is 240 g/mol. The highest BCUT2D eigenvalue weighted by atomic mass is 15.2. The number of rotatable bonds is 2. The van der Waals surface area contributed by atoms with E-state index in [9.17, 15) is 0 Å². The fourth-order valence-electron chi connectivity index (χ4n) is 2.45. The summed E-state index contributed by atoms with van der Waals surface area (Å²) < 4.78 is 0. The second kappa shape index (κ2) is 4.64. The molecule has 0 bridgehead atoms. The molecule has 4 heteroatoms. The number of hydrogen-bond acceptors (Lipinski definition) is 4. The Balaban J connectivity index is 1.90. The highest BCUT2D eigenvalue weighted by Crippen LogP contribution is 2.29. The Morgan fingerprint density at radius 2 is 1.89 bits per heavy atom. The summed E-state index contributed by atoms with van der Waals surface area (Å²) >= 11 is 0. The highest BCUT2D eigenvalue weighted by Gasteiger charge is 2.13. The molecule has 92 valence electrons. The maximum atomic E-state index is 5.53. The molecule has 3 rings (SSSR count). The second-order valence-corrected chi connectivity index (χ2v) is 4.62. The van der Waals surface area contributed by atoms with Crippen LogP contribution in [0.1, 0.15) is 24.0 Å². The molecule has 0 unspecified atom stereocenters. The van der Waals surface area contributed by atoms with E-state index in [1.807, 2.05) is 6.07 Å². The number of benzene rings is 1. The molecule has 0 fully saturated rings. The Hall–Kier alpha value is -2.10. The molecule has 0 spiro atoms. The molecule has 0 atom stereocenters. The quantitative estimate of drug-likeness (QED) is 0.847. The summed E-state index contributed by atoms with van der Waals surface area (Å²) in [7, 11) is 0. The molecule has 3 N–H and O–H groups in total. The molecule has 0 amide bonds. The lowest BCUT2D eigenvalue weighted by Crippen LogP contribution is -2.07. The van der Waals surface area contributed by atoms with Gasteiger partial charge in [-0.25, -0.2) is 0 Å². The second-order valence-electron chi connectivity index (χ2n) is 4.62. The number of nitrogens with zero attached hydrogens (tertiary/aromatic N) is 2. The van der Waals surface area contributed by atoms with Crippen LogP contribution in [0.25, 0.3) is 0 Å². The van der Waals surface area contributed by atoms with Crippen molar-refractivity contribution in [1.82, 2.24) is 10.2 Å². The van der Waals surface area contributed by atoms with Gasteiger partial charge in [0.05, 0.1) is 0 Å². The van der Waals surface area contributed by atoms with Crippen LogP contribution in [0.2, 0.25) is 0 Å². The van der Waals surface area contributed by atoms with Crippen LogP contribution in [0.5, 0.6) is 0 Å². The first-order valence-corrected chi connectivity index (χ1v) is 6.30. The van der Waals surface area contributed by atoms with Gasteiger partial charge in [0, 0.05) is 5.69 Å². The zero-order chi connectivity index (χ0) is 12.4. The number of aromatic nitrogens is 2. The Kier molecular flexibility index (Phi) is 2.84. The zero-order valence-corrected chi connectivity index (χ0v) is 10.2. The van der Waals surface area contributed by atoms with Crippen molar-refractivity contribution in [3.8, 4) is 0 Å². The Labute approximate surface area is 106 Å². The summed E-state index contributed by atoms with van der Waals surface area (Å²) in [5.41, 5.74) is 9.55. The smallest absolute Gasteiger partial charge is 0.153 e. The molecule has 1 aromatic carbocycles. The molecule has 1 heterocycles. The van der Waals surface area contributed by atoms with Gasteiger partial charge in [-0.3, -0.25) is 0 Å². The van der Waals surface area contributed by atoms with Gasteiger partial charge in [0.2, 0.25) is 0 Å². The van der Waals surface area contributed by atoms with E-state index in [0.29, 0.717) is 5.82 Å². The number of nitrogens with one attached hydrogen (secondary N) is 1. The minimum absolute atomic E-state index is 0.440. The highest BCUT2D eigenvalue weighted by molar-refractivity contribution is 5.63. The molecular formula is C14H16N4. The third-order valence-electron chi connectivity index (χ3n) is 3.34. The zero-order valence-electron chi connectivity index (χ0n) is 10.2. The van der Waals surface area contributed by atoms with Gasteiger partial charge in [-0.1, -0.05) is 12.1 Å². The number of nitrogens with two attached hydrogens (primary N) is 1. The first-order valence-electron chi connectivity index (χ1n) is 6.30. The lowest BCUT2D eigenvalue weighted by molar-refractivity contribution is 0.687. The van der Waals surface area contributed by atoms with Crippen molar-refractivity contribution in [2.45, 2.75) is 25.7 Å². The van der Waals surface area contributed by atoms with Crippen LogP contribution in [-0.2, 0) is 12.8 Å². The topological polar surface area (TPSA) is 63.8 Å². The minimum Gasteiger partial charge on any atom is -0.382 e. The maximum absolute atomic E-state index is 5.53. The van der Waals surface area contributed by atoms with Crippen molar-refractivity contribution in [3.63, 3.8) is 0 Å². The number of fused-ring (bicyclic) bond motifs is 1. The van der Waals surface area contributed by atoms with Crippen LogP contribution in [0.15, 0.2) is 30.3 Å². The molecule has 4 nitrogen and oxygen atoms in total. The normalized spacial score (nSPS) is 14.0. The summed E-state index contributed by atoms with van der Waals surface area (Å²) in [5.74, 6) is 1.18. The molecule has 18 heavy (non-hydrogen) atoms. The predicted molar refractivity (Wildman–Crippen MR) is 72.8 cm³/mol. The third kappa shape index (κ3) is 2.14. The molecule has 1 aliphatic rings. The van der Waals surface area contributed by atoms with Crippen LogP contribution >= 0.6 is 0 Å². The molecule has 1 aliphatic carbocycles. The Morgan fingerprint density at radius 3 is 2.72 bits per heavy atom. The number of anilines is 3. The molecule has 1 aromatic heterocycles. The van der Waals surface area contributed by atoms with Crippen LogP contribution in [0, 0.1) is 0 Å². The van der Waals surface area contributed by atoms with Crippen LogP contribution in [0.3, 0.4) is 0 Å². The van der Waals surface area contributed by atoms with Gasteiger partial charge in [0.25, 0.3) is 0 Å². The molecule has 2 aromatic rings. The Morgan fingerprint density at radius 1 is 1.00 bits per heavy atom. The van der Waals surface area contributed by atoms with Crippen LogP contribution in [-0.4, -0.2) is 10.2 Å². The third-order valence-corrected chi connectivity index (χ3v) is 3.34. The van der Waals surface area contributed by atoms with E-state index in [1.54, 1.807) is 6.07 Å². The van der Waals surface area contributed by atoms with Crippen molar-refractivity contribution in [3.05, 3.63) is 41.5 Å². The maximum Gasteiger partial charge on any atom is 0.153 e.